The van der Waals surface area contributed by atoms with Crippen molar-refractivity contribution in [1.82, 2.24) is 10.3 Å². The predicted molar refractivity (Wildman–Crippen MR) is 68.1 cm³/mol. The third-order valence-electron chi connectivity index (χ3n) is 2.58. The topological polar surface area (TPSA) is 71.5 Å². The van der Waals surface area contributed by atoms with Crippen LogP contribution in [0.3, 0.4) is 0 Å². The van der Waals surface area contributed by atoms with Crippen LogP contribution in [0.15, 0.2) is 24.4 Å². The van der Waals surface area contributed by atoms with Crippen molar-refractivity contribution in [3.8, 4) is 0 Å². The molecule has 0 aliphatic heterocycles. The summed E-state index contributed by atoms with van der Waals surface area (Å²) in [4.78, 5) is 15.7. The molecular formula is C13H20N2O3. The van der Waals surface area contributed by atoms with Gasteiger partial charge in [-0.05, 0) is 19.1 Å². The van der Waals surface area contributed by atoms with E-state index in [1.807, 2.05) is 6.07 Å². The van der Waals surface area contributed by atoms with E-state index in [-0.39, 0.29) is 18.9 Å². The fraction of sp³-hybridized carbons (Fsp3) is 0.538. The third-order valence-corrected chi connectivity index (χ3v) is 2.58. The average Bonchev–Trinajstić information content (AvgIpc) is 2.36. The molecule has 100 valence electrons. The molecule has 1 rings (SSSR count). The summed E-state index contributed by atoms with van der Waals surface area (Å²) >= 11 is 0. The molecule has 1 atom stereocenters. The first-order chi connectivity index (χ1) is 8.53. The zero-order chi connectivity index (χ0) is 13.4. The summed E-state index contributed by atoms with van der Waals surface area (Å²) in [6, 6.07) is 5.43. The molecule has 18 heavy (non-hydrogen) atoms. The minimum atomic E-state index is -0.949. The Morgan fingerprint density at radius 2 is 2.33 bits per heavy atom. The number of ether oxygens (including phenoxy) is 1. The molecule has 5 nitrogen and oxygen atoms in total. The van der Waals surface area contributed by atoms with Crippen molar-refractivity contribution < 1.29 is 14.6 Å². The van der Waals surface area contributed by atoms with Crippen LogP contribution in [-0.2, 0) is 16.0 Å². The molecule has 1 aromatic heterocycles. The second-order valence-corrected chi connectivity index (χ2v) is 4.51. The molecule has 0 aromatic carbocycles. The summed E-state index contributed by atoms with van der Waals surface area (Å²) in [5.74, 6) is -0.147. The first-order valence-corrected chi connectivity index (χ1v) is 5.91. The summed E-state index contributed by atoms with van der Waals surface area (Å²) in [5, 5.41) is 12.6. The third kappa shape index (κ3) is 5.75. The fourth-order valence-corrected chi connectivity index (χ4v) is 1.43. The lowest BCUT2D eigenvalue weighted by atomic mass is 10.0. The van der Waals surface area contributed by atoms with Crippen molar-refractivity contribution in [1.29, 1.82) is 0 Å². The second-order valence-electron chi connectivity index (χ2n) is 4.51. The number of hydrogen-bond donors (Lipinski definition) is 2. The van der Waals surface area contributed by atoms with E-state index in [1.54, 1.807) is 32.4 Å². The lowest BCUT2D eigenvalue weighted by Gasteiger charge is -2.23. The summed E-state index contributed by atoms with van der Waals surface area (Å²) in [6.07, 6.45) is 2.35. The van der Waals surface area contributed by atoms with Crippen LogP contribution in [-0.4, -0.2) is 41.9 Å². The standard InChI is InChI=1S/C13H20N2O3/c1-13(17,6-8-18-2)10-15-12(16)9-11-5-3-4-7-14-11/h3-5,7,17H,6,8-10H2,1-2H3,(H,15,16). The maximum absolute atomic E-state index is 11.6. The zero-order valence-corrected chi connectivity index (χ0v) is 10.8. The molecule has 0 aliphatic rings. The Balaban J connectivity index is 2.33. The maximum atomic E-state index is 11.6. The van der Waals surface area contributed by atoms with Crippen LogP contribution in [0, 0.1) is 0 Å². The maximum Gasteiger partial charge on any atom is 0.226 e. The number of nitrogens with one attached hydrogen (secondary N) is 1. The lowest BCUT2D eigenvalue weighted by molar-refractivity contribution is -0.121. The van der Waals surface area contributed by atoms with Gasteiger partial charge >= 0.3 is 0 Å². The highest BCUT2D eigenvalue weighted by Gasteiger charge is 2.20. The number of aliphatic hydroxyl groups is 1. The molecule has 0 saturated carbocycles. The number of methoxy groups -OCH3 is 1. The molecule has 1 heterocycles. The van der Waals surface area contributed by atoms with E-state index >= 15 is 0 Å². The Kier molecular flexibility index (Phi) is 5.74. The number of carbonyl (C=O) groups excluding carboxylic acids is 1. The highest BCUT2D eigenvalue weighted by atomic mass is 16.5. The van der Waals surface area contributed by atoms with E-state index < -0.39 is 5.60 Å². The van der Waals surface area contributed by atoms with E-state index in [9.17, 15) is 9.90 Å². The minimum Gasteiger partial charge on any atom is -0.388 e. The first-order valence-electron chi connectivity index (χ1n) is 5.91. The van der Waals surface area contributed by atoms with Gasteiger partial charge in [0.1, 0.15) is 0 Å². The number of aromatic nitrogens is 1. The molecule has 1 unspecified atom stereocenters. The Hall–Kier alpha value is -1.46. The molecule has 0 aliphatic carbocycles. The Bertz CT molecular complexity index is 366. The smallest absolute Gasteiger partial charge is 0.226 e. The van der Waals surface area contributed by atoms with Gasteiger partial charge in [-0.25, -0.2) is 0 Å². The minimum absolute atomic E-state index is 0.147. The van der Waals surface area contributed by atoms with Crippen molar-refractivity contribution in [2.24, 2.45) is 0 Å². The largest absolute Gasteiger partial charge is 0.388 e. The summed E-state index contributed by atoms with van der Waals surface area (Å²) in [5.41, 5.74) is -0.234. The van der Waals surface area contributed by atoms with Crippen LogP contribution in [0.25, 0.3) is 0 Å². The first kappa shape index (κ1) is 14.6. The molecule has 0 saturated heterocycles. The number of rotatable bonds is 7. The molecule has 2 N–H and O–H groups in total. The van der Waals surface area contributed by atoms with Crippen LogP contribution in [0.2, 0.25) is 0 Å². The highest BCUT2D eigenvalue weighted by molar-refractivity contribution is 5.78. The SMILES string of the molecule is COCCC(C)(O)CNC(=O)Cc1ccccn1. The monoisotopic (exact) mass is 252 g/mol. The van der Waals surface area contributed by atoms with Gasteiger partial charge < -0.3 is 15.2 Å². The van der Waals surface area contributed by atoms with E-state index in [1.165, 1.54) is 0 Å². The van der Waals surface area contributed by atoms with Crippen LogP contribution < -0.4 is 5.32 Å². The number of nitrogens with zero attached hydrogens (tertiary/aromatic N) is 1. The van der Waals surface area contributed by atoms with Crippen molar-refractivity contribution in [3.05, 3.63) is 30.1 Å². The molecule has 0 radical (unpaired) electrons. The number of pyridine rings is 1. The highest BCUT2D eigenvalue weighted by Crippen LogP contribution is 2.07. The lowest BCUT2D eigenvalue weighted by Crippen LogP contribution is -2.41. The molecular weight excluding hydrogens is 232 g/mol. The molecule has 0 spiro atoms. The summed E-state index contributed by atoms with van der Waals surface area (Å²) in [7, 11) is 1.58. The fourth-order valence-electron chi connectivity index (χ4n) is 1.43. The van der Waals surface area contributed by atoms with Crippen molar-refractivity contribution in [2.45, 2.75) is 25.4 Å². The molecule has 0 bridgehead atoms. The van der Waals surface area contributed by atoms with Crippen molar-refractivity contribution in [2.75, 3.05) is 20.3 Å². The number of carbonyl (C=O) groups is 1. The van der Waals surface area contributed by atoms with Gasteiger partial charge in [-0.2, -0.15) is 0 Å². The number of amides is 1. The Morgan fingerprint density at radius 1 is 1.56 bits per heavy atom. The van der Waals surface area contributed by atoms with Gasteiger partial charge in [0.25, 0.3) is 0 Å². The second kappa shape index (κ2) is 7.08. The average molecular weight is 252 g/mol. The Morgan fingerprint density at radius 3 is 2.94 bits per heavy atom. The zero-order valence-electron chi connectivity index (χ0n) is 10.8. The molecule has 5 heteroatoms. The van der Waals surface area contributed by atoms with Gasteiger partial charge in [-0.15, -0.1) is 0 Å². The quantitative estimate of drug-likeness (QED) is 0.742. The van der Waals surface area contributed by atoms with Gasteiger partial charge in [-0.1, -0.05) is 6.07 Å². The predicted octanol–water partition coefficient (Wildman–Crippen LogP) is 0.528. The summed E-state index contributed by atoms with van der Waals surface area (Å²) < 4.78 is 4.90. The number of hydrogen-bond acceptors (Lipinski definition) is 4. The van der Waals surface area contributed by atoms with Crippen LogP contribution in [0.4, 0.5) is 0 Å². The molecule has 0 fully saturated rings. The van der Waals surface area contributed by atoms with Crippen molar-refractivity contribution >= 4 is 5.91 Å². The van der Waals surface area contributed by atoms with Gasteiger partial charge in [0.15, 0.2) is 0 Å². The van der Waals surface area contributed by atoms with Crippen LogP contribution >= 0.6 is 0 Å². The van der Waals surface area contributed by atoms with Gasteiger partial charge in [0, 0.05) is 38.6 Å². The van der Waals surface area contributed by atoms with E-state index in [0.29, 0.717) is 18.7 Å². The summed E-state index contributed by atoms with van der Waals surface area (Å²) in [6.45, 7) is 2.35. The van der Waals surface area contributed by atoms with Crippen molar-refractivity contribution in [3.63, 3.8) is 0 Å². The van der Waals surface area contributed by atoms with E-state index in [0.717, 1.165) is 0 Å². The molecule has 1 amide bonds. The Labute approximate surface area is 107 Å². The normalized spacial score (nSPS) is 13.9. The van der Waals surface area contributed by atoms with Gasteiger partial charge in [-0.3, -0.25) is 9.78 Å². The molecule has 1 aromatic rings. The van der Waals surface area contributed by atoms with Gasteiger partial charge in [0.2, 0.25) is 5.91 Å². The van der Waals surface area contributed by atoms with Gasteiger partial charge in [0.05, 0.1) is 12.0 Å². The van der Waals surface area contributed by atoms with E-state index in [2.05, 4.69) is 10.3 Å². The van der Waals surface area contributed by atoms with Crippen LogP contribution in [0.1, 0.15) is 19.0 Å². The van der Waals surface area contributed by atoms with E-state index in [4.69, 9.17) is 4.74 Å². The van der Waals surface area contributed by atoms with Crippen LogP contribution in [0.5, 0.6) is 0 Å².